The standard InChI is InChI=1S/C17H27NO3/c1-3-18-17(13-21-16-9-11-19-12-10-16)14-5-7-15(8-6-14)20-4-2/h5-8,16-18H,3-4,9-13H2,1-2H3. The molecule has 1 fully saturated rings. The van der Waals surface area contributed by atoms with E-state index in [9.17, 15) is 0 Å². The Morgan fingerprint density at radius 3 is 2.52 bits per heavy atom. The second-order valence-corrected chi connectivity index (χ2v) is 5.26. The maximum absolute atomic E-state index is 6.06. The Morgan fingerprint density at radius 1 is 1.19 bits per heavy atom. The van der Waals surface area contributed by atoms with Crippen LogP contribution in [0, 0.1) is 0 Å². The van der Waals surface area contributed by atoms with Crippen LogP contribution in [0.2, 0.25) is 0 Å². The van der Waals surface area contributed by atoms with Crippen molar-refractivity contribution >= 4 is 0 Å². The van der Waals surface area contributed by atoms with Crippen LogP contribution in [0.3, 0.4) is 0 Å². The summed E-state index contributed by atoms with van der Waals surface area (Å²) in [6, 6.07) is 8.51. The zero-order chi connectivity index (χ0) is 14.9. The van der Waals surface area contributed by atoms with E-state index in [1.165, 1.54) is 5.56 Å². The van der Waals surface area contributed by atoms with Gasteiger partial charge in [0.05, 0.1) is 25.4 Å². The third-order valence-electron chi connectivity index (χ3n) is 3.71. The van der Waals surface area contributed by atoms with Gasteiger partial charge in [-0.2, -0.15) is 0 Å². The highest BCUT2D eigenvalue weighted by molar-refractivity contribution is 5.29. The SMILES string of the molecule is CCNC(COC1CCOCC1)c1ccc(OCC)cc1. The van der Waals surface area contributed by atoms with Crippen LogP contribution in [0.15, 0.2) is 24.3 Å². The number of benzene rings is 1. The first-order valence-electron chi connectivity index (χ1n) is 7.99. The summed E-state index contributed by atoms with van der Waals surface area (Å²) in [6.45, 7) is 8.08. The van der Waals surface area contributed by atoms with Gasteiger partial charge in [-0.1, -0.05) is 19.1 Å². The van der Waals surface area contributed by atoms with Gasteiger partial charge in [-0.15, -0.1) is 0 Å². The fourth-order valence-electron chi connectivity index (χ4n) is 2.56. The number of ether oxygens (including phenoxy) is 3. The van der Waals surface area contributed by atoms with Gasteiger partial charge in [0, 0.05) is 13.2 Å². The second-order valence-electron chi connectivity index (χ2n) is 5.26. The summed E-state index contributed by atoms with van der Waals surface area (Å²) in [6.07, 6.45) is 2.34. The summed E-state index contributed by atoms with van der Waals surface area (Å²) < 4.78 is 16.9. The number of hydrogen-bond acceptors (Lipinski definition) is 4. The van der Waals surface area contributed by atoms with Crippen molar-refractivity contribution in [3.05, 3.63) is 29.8 Å². The molecule has 1 atom stereocenters. The molecule has 1 aromatic carbocycles. The number of likely N-dealkylation sites (N-methyl/N-ethyl adjacent to an activating group) is 1. The molecule has 4 heteroatoms. The van der Waals surface area contributed by atoms with Crippen LogP contribution in [0.5, 0.6) is 5.75 Å². The molecule has 0 aromatic heterocycles. The van der Waals surface area contributed by atoms with Crippen molar-refractivity contribution < 1.29 is 14.2 Å². The van der Waals surface area contributed by atoms with Gasteiger partial charge in [0.15, 0.2) is 0 Å². The van der Waals surface area contributed by atoms with Gasteiger partial charge in [-0.25, -0.2) is 0 Å². The predicted molar refractivity (Wildman–Crippen MR) is 83.8 cm³/mol. The first-order chi connectivity index (χ1) is 10.3. The molecule has 1 heterocycles. The summed E-state index contributed by atoms with van der Waals surface area (Å²) in [5, 5.41) is 3.49. The molecule has 1 aliphatic heterocycles. The molecule has 2 rings (SSSR count). The first-order valence-corrected chi connectivity index (χ1v) is 7.99. The maximum atomic E-state index is 6.06. The van der Waals surface area contributed by atoms with E-state index in [-0.39, 0.29) is 6.04 Å². The molecule has 0 amide bonds. The summed E-state index contributed by atoms with van der Waals surface area (Å²) in [5.41, 5.74) is 1.24. The Labute approximate surface area is 127 Å². The molecule has 0 radical (unpaired) electrons. The minimum Gasteiger partial charge on any atom is -0.494 e. The zero-order valence-electron chi connectivity index (χ0n) is 13.1. The quantitative estimate of drug-likeness (QED) is 0.800. The number of rotatable bonds is 8. The van der Waals surface area contributed by atoms with E-state index < -0.39 is 0 Å². The maximum Gasteiger partial charge on any atom is 0.119 e. The van der Waals surface area contributed by atoms with Crippen LogP contribution >= 0.6 is 0 Å². The molecule has 21 heavy (non-hydrogen) atoms. The Hall–Kier alpha value is -1.10. The largest absolute Gasteiger partial charge is 0.494 e. The second kappa shape index (κ2) is 9.03. The van der Waals surface area contributed by atoms with Crippen LogP contribution in [-0.4, -0.2) is 39.1 Å². The fourth-order valence-corrected chi connectivity index (χ4v) is 2.56. The van der Waals surface area contributed by atoms with Crippen LogP contribution < -0.4 is 10.1 Å². The summed E-state index contributed by atoms with van der Waals surface area (Å²) >= 11 is 0. The molecule has 1 aromatic rings. The molecule has 118 valence electrons. The van der Waals surface area contributed by atoms with Gasteiger partial charge in [0.25, 0.3) is 0 Å². The van der Waals surface area contributed by atoms with Crippen molar-refractivity contribution in [1.29, 1.82) is 0 Å². The van der Waals surface area contributed by atoms with Crippen molar-refractivity contribution in [1.82, 2.24) is 5.32 Å². The lowest BCUT2D eigenvalue weighted by atomic mass is 10.1. The molecule has 1 saturated heterocycles. The van der Waals surface area contributed by atoms with Crippen molar-refractivity contribution in [2.75, 3.05) is 33.0 Å². The highest BCUT2D eigenvalue weighted by Gasteiger charge is 2.17. The monoisotopic (exact) mass is 293 g/mol. The predicted octanol–water partition coefficient (Wildman–Crippen LogP) is 2.93. The lowest BCUT2D eigenvalue weighted by Gasteiger charge is -2.26. The van der Waals surface area contributed by atoms with E-state index in [1.807, 2.05) is 19.1 Å². The van der Waals surface area contributed by atoms with E-state index in [0.29, 0.717) is 19.3 Å². The van der Waals surface area contributed by atoms with E-state index in [1.54, 1.807) is 0 Å². The van der Waals surface area contributed by atoms with Gasteiger partial charge in [-0.05, 0) is 44.0 Å². The minimum atomic E-state index is 0.230. The summed E-state index contributed by atoms with van der Waals surface area (Å²) in [5.74, 6) is 0.918. The zero-order valence-corrected chi connectivity index (χ0v) is 13.1. The summed E-state index contributed by atoms with van der Waals surface area (Å²) in [7, 11) is 0. The smallest absolute Gasteiger partial charge is 0.119 e. The van der Waals surface area contributed by atoms with E-state index in [4.69, 9.17) is 14.2 Å². The number of nitrogens with one attached hydrogen (secondary N) is 1. The Kier molecular flexibility index (Phi) is 7.00. The first kappa shape index (κ1) is 16.3. The normalized spacial score (nSPS) is 17.6. The minimum absolute atomic E-state index is 0.230. The lowest BCUT2D eigenvalue weighted by molar-refractivity contribution is -0.0382. The van der Waals surface area contributed by atoms with Gasteiger partial charge < -0.3 is 19.5 Å². The van der Waals surface area contributed by atoms with Crippen LogP contribution in [-0.2, 0) is 9.47 Å². The fraction of sp³-hybridized carbons (Fsp3) is 0.647. The van der Waals surface area contributed by atoms with Gasteiger partial charge >= 0.3 is 0 Å². The van der Waals surface area contributed by atoms with Gasteiger partial charge in [0.2, 0.25) is 0 Å². The van der Waals surface area contributed by atoms with Crippen LogP contribution in [0.1, 0.15) is 38.3 Å². The average molecular weight is 293 g/mol. The Balaban J connectivity index is 1.90. The third kappa shape index (κ3) is 5.30. The molecular weight excluding hydrogens is 266 g/mol. The van der Waals surface area contributed by atoms with Crippen LogP contribution in [0.4, 0.5) is 0 Å². The molecule has 0 bridgehead atoms. The molecule has 0 aliphatic carbocycles. The lowest BCUT2D eigenvalue weighted by Crippen LogP contribution is -2.30. The van der Waals surface area contributed by atoms with Gasteiger partial charge in [-0.3, -0.25) is 0 Å². The van der Waals surface area contributed by atoms with Crippen molar-refractivity contribution in [2.24, 2.45) is 0 Å². The Bertz CT molecular complexity index is 388. The topological polar surface area (TPSA) is 39.7 Å². The van der Waals surface area contributed by atoms with Crippen molar-refractivity contribution in [3.63, 3.8) is 0 Å². The highest BCUT2D eigenvalue weighted by atomic mass is 16.5. The molecule has 1 N–H and O–H groups in total. The van der Waals surface area contributed by atoms with E-state index in [2.05, 4.69) is 24.4 Å². The van der Waals surface area contributed by atoms with Crippen LogP contribution in [0.25, 0.3) is 0 Å². The van der Waals surface area contributed by atoms with E-state index >= 15 is 0 Å². The highest BCUT2D eigenvalue weighted by Crippen LogP contribution is 2.20. The van der Waals surface area contributed by atoms with Gasteiger partial charge in [0.1, 0.15) is 5.75 Å². The molecule has 4 nitrogen and oxygen atoms in total. The molecule has 1 aliphatic rings. The molecule has 1 unspecified atom stereocenters. The Morgan fingerprint density at radius 2 is 1.90 bits per heavy atom. The molecular formula is C17H27NO3. The number of hydrogen-bond donors (Lipinski definition) is 1. The average Bonchev–Trinajstić information content (AvgIpc) is 2.54. The molecule has 0 spiro atoms. The van der Waals surface area contributed by atoms with E-state index in [0.717, 1.165) is 38.3 Å². The van der Waals surface area contributed by atoms with Crippen molar-refractivity contribution in [2.45, 2.75) is 38.8 Å². The molecule has 0 saturated carbocycles. The third-order valence-corrected chi connectivity index (χ3v) is 3.71. The summed E-state index contributed by atoms with van der Waals surface area (Å²) in [4.78, 5) is 0. The van der Waals surface area contributed by atoms with Crippen molar-refractivity contribution in [3.8, 4) is 5.75 Å².